The second kappa shape index (κ2) is 9.70. The van der Waals surface area contributed by atoms with E-state index in [0.29, 0.717) is 33.4 Å². The zero-order valence-electron chi connectivity index (χ0n) is 17.9. The van der Waals surface area contributed by atoms with E-state index >= 15 is 0 Å². The Morgan fingerprint density at radius 1 is 1.21 bits per heavy atom. The van der Waals surface area contributed by atoms with Crippen LogP contribution >= 0.6 is 11.6 Å². The molecule has 170 valence electrons. The summed E-state index contributed by atoms with van der Waals surface area (Å²) >= 11 is 6.00. The van der Waals surface area contributed by atoms with Gasteiger partial charge in [0, 0.05) is 10.6 Å². The summed E-state index contributed by atoms with van der Waals surface area (Å²) < 4.78 is 10.5. The summed E-state index contributed by atoms with van der Waals surface area (Å²) in [5.41, 5.74) is 1.96. The van der Waals surface area contributed by atoms with E-state index in [4.69, 9.17) is 21.1 Å². The number of amides is 2. The van der Waals surface area contributed by atoms with Gasteiger partial charge in [-0.1, -0.05) is 35.9 Å². The molecule has 4 rings (SSSR count). The number of allylic oxidation sites excluding steroid dienone is 1. The normalized spacial score (nSPS) is 15.6. The highest BCUT2D eigenvalue weighted by molar-refractivity contribution is 6.30. The molecule has 0 saturated carbocycles. The number of esters is 1. The molecule has 0 spiro atoms. The maximum atomic E-state index is 12.9. The van der Waals surface area contributed by atoms with Gasteiger partial charge in [0.15, 0.2) is 0 Å². The first-order valence-electron chi connectivity index (χ1n) is 10.1. The monoisotopic (exact) mass is 468 g/mol. The molecule has 10 nitrogen and oxygen atoms in total. The van der Waals surface area contributed by atoms with E-state index < -0.39 is 18.0 Å². The summed E-state index contributed by atoms with van der Waals surface area (Å²) in [5, 5.41) is 18.5. The fraction of sp³-hybridized carbons (Fsp3) is 0.227. The minimum atomic E-state index is -0.730. The number of tetrazole rings is 1. The maximum Gasteiger partial charge on any atom is 0.338 e. The first-order valence-corrected chi connectivity index (χ1v) is 10.5. The van der Waals surface area contributed by atoms with Crippen molar-refractivity contribution in [1.29, 1.82) is 0 Å². The largest absolute Gasteiger partial charge is 0.497 e. The molecule has 1 aliphatic rings. The lowest BCUT2D eigenvalue weighted by Gasteiger charge is -2.29. The average Bonchev–Trinajstić information content (AvgIpc) is 3.28. The fourth-order valence-corrected chi connectivity index (χ4v) is 3.55. The van der Waals surface area contributed by atoms with Gasteiger partial charge in [-0.05, 0) is 42.0 Å². The van der Waals surface area contributed by atoms with Crippen LogP contribution in [0.3, 0.4) is 0 Å². The molecule has 0 saturated heterocycles. The number of hydrogen-bond acceptors (Lipinski definition) is 7. The molecule has 0 bridgehead atoms. The molecule has 0 radical (unpaired) electrons. The average molecular weight is 469 g/mol. The molecule has 2 aromatic carbocycles. The summed E-state index contributed by atoms with van der Waals surface area (Å²) in [6.07, 6.45) is 0. The van der Waals surface area contributed by atoms with Crippen LogP contribution in [0.2, 0.25) is 5.02 Å². The van der Waals surface area contributed by atoms with Gasteiger partial charge in [0.25, 0.3) is 0 Å². The number of methoxy groups -OCH3 is 1. The molecule has 1 atom stereocenters. The third kappa shape index (κ3) is 4.96. The molecule has 33 heavy (non-hydrogen) atoms. The number of nitrogens with zero attached hydrogens (tertiary/aromatic N) is 4. The van der Waals surface area contributed by atoms with Gasteiger partial charge in [0.2, 0.25) is 5.82 Å². The number of hydrogen-bond donors (Lipinski definition) is 2. The van der Waals surface area contributed by atoms with Crippen molar-refractivity contribution < 1.29 is 19.1 Å². The highest BCUT2D eigenvalue weighted by atomic mass is 35.5. The van der Waals surface area contributed by atoms with Gasteiger partial charge in [-0.3, -0.25) is 0 Å². The SMILES string of the molecule is CCOC(=O)C1=C(Cn2nnc(-c3cccc(OC)c3)n2)NC(=O)NC1c1ccc(Cl)cc1. The maximum absolute atomic E-state index is 12.9. The molecule has 0 fully saturated rings. The van der Waals surface area contributed by atoms with Crippen molar-refractivity contribution in [2.75, 3.05) is 13.7 Å². The van der Waals surface area contributed by atoms with Gasteiger partial charge < -0.3 is 20.1 Å². The van der Waals surface area contributed by atoms with E-state index in [1.54, 1.807) is 44.4 Å². The molecule has 1 aliphatic heterocycles. The number of ether oxygens (including phenoxy) is 2. The summed E-state index contributed by atoms with van der Waals surface area (Å²) in [7, 11) is 1.57. The molecule has 2 N–H and O–H groups in total. The van der Waals surface area contributed by atoms with Gasteiger partial charge >= 0.3 is 12.0 Å². The van der Waals surface area contributed by atoms with Crippen LogP contribution in [-0.2, 0) is 16.1 Å². The standard InChI is InChI=1S/C22H21ClN6O4/c1-3-33-21(30)18-17(24-22(31)25-19(18)13-7-9-15(23)10-8-13)12-29-27-20(26-28-29)14-5-4-6-16(11-14)32-2/h4-11,19H,3,12H2,1-2H3,(H2,24,25,31). The Kier molecular flexibility index (Phi) is 6.55. The first kappa shape index (κ1) is 22.3. The summed E-state index contributed by atoms with van der Waals surface area (Å²) in [5.74, 6) is 0.474. The van der Waals surface area contributed by atoms with Crippen molar-refractivity contribution in [1.82, 2.24) is 30.8 Å². The van der Waals surface area contributed by atoms with Crippen LogP contribution in [0.25, 0.3) is 11.4 Å². The van der Waals surface area contributed by atoms with Gasteiger partial charge in [-0.25, -0.2) is 9.59 Å². The number of carbonyl (C=O) groups excluding carboxylic acids is 2. The molecular formula is C22H21ClN6O4. The van der Waals surface area contributed by atoms with Crippen molar-refractivity contribution in [3.8, 4) is 17.1 Å². The lowest BCUT2D eigenvalue weighted by Crippen LogP contribution is -2.47. The molecular weight excluding hydrogens is 448 g/mol. The van der Waals surface area contributed by atoms with Gasteiger partial charge in [0.1, 0.15) is 12.3 Å². The van der Waals surface area contributed by atoms with Crippen molar-refractivity contribution >= 4 is 23.6 Å². The van der Waals surface area contributed by atoms with Crippen LogP contribution in [0.15, 0.2) is 59.8 Å². The van der Waals surface area contributed by atoms with Crippen LogP contribution in [0.4, 0.5) is 4.79 Å². The van der Waals surface area contributed by atoms with E-state index in [1.165, 1.54) is 4.80 Å². The van der Waals surface area contributed by atoms with Crippen molar-refractivity contribution in [2.24, 2.45) is 0 Å². The second-order valence-corrected chi connectivity index (χ2v) is 7.51. The number of urea groups is 1. The highest BCUT2D eigenvalue weighted by Crippen LogP contribution is 2.29. The smallest absolute Gasteiger partial charge is 0.338 e. The van der Waals surface area contributed by atoms with E-state index in [0.717, 1.165) is 0 Å². The number of halogens is 1. The van der Waals surface area contributed by atoms with E-state index in [9.17, 15) is 9.59 Å². The summed E-state index contributed by atoms with van der Waals surface area (Å²) in [6, 6.07) is 12.9. The third-order valence-corrected chi connectivity index (χ3v) is 5.18. The number of rotatable bonds is 7. The number of aromatic nitrogens is 4. The van der Waals surface area contributed by atoms with Crippen molar-refractivity contribution in [2.45, 2.75) is 19.5 Å². The lowest BCUT2D eigenvalue weighted by atomic mass is 9.95. The van der Waals surface area contributed by atoms with Crippen LogP contribution < -0.4 is 15.4 Å². The van der Waals surface area contributed by atoms with Crippen LogP contribution in [0.1, 0.15) is 18.5 Å². The lowest BCUT2D eigenvalue weighted by molar-refractivity contribution is -0.139. The van der Waals surface area contributed by atoms with Gasteiger partial charge in [-0.15, -0.1) is 10.2 Å². The topological polar surface area (TPSA) is 120 Å². The predicted octanol–water partition coefficient (Wildman–Crippen LogP) is 2.87. The zero-order valence-corrected chi connectivity index (χ0v) is 18.7. The second-order valence-electron chi connectivity index (χ2n) is 7.07. The third-order valence-electron chi connectivity index (χ3n) is 4.93. The van der Waals surface area contributed by atoms with Crippen LogP contribution in [-0.4, -0.2) is 45.9 Å². The Bertz CT molecular complexity index is 1210. The number of benzene rings is 2. The van der Waals surface area contributed by atoms with E-state index in [2.05, 4.69) is 26.0 Å². The minimum Gasteiger partial charge on any atom is -0.497 e. The van der Waals surface area contributed by atoms with Crippen molar-refractivity contribution in [3.63, 3.8) is 0 Å². The summed E-state index contributed by atoms with van der Waals surface area (Å²) in [6.45, 7) is 1.89. The molecule has 1 unspecified atom stereocenters. The Hall–Kier alpha value is -3.92. The number of nitrogens with one attached hydrogen (secondary N) is 2. The molecule has 1 aromatic heterocycles. The summed E-state index contributed by atoms with van der Waals surface area (Å²) in [4.78, 5) is 26.6. The van der Waals surface area contributed by atoms with Crippen LogP contribution in [0, 0.1) is 0 Å². The Morgan fingerprint density at radius 3 is 2.73 bits per heavy atom. The van der Waals surface area contributed by atoms with E-state index in [-0.39, 0.29) is 18.7 Å². The molecule has 11 heteroatoms. The van der Waals surface area contributed by atoms with Crippen molar-refractivity contribution in [3.05, 3.63) is 70.4 Å². The predicted molar refractivity (Wildman–Crippen MR) is 119 cm³/mol. The van der Waals surface area contributed by atoms with Crippen LogP contribution in [0.5, 0.6) is 5.75 Å². The Morgan fingerprint density at radius 2 is 2.00 bits per heavy atom. The first-order chi connectivity index (χ1) is 16.0. The Balaban J connectivity index is 1.70. The number of carbonyl (C=O) groups is 2. The van der Waals surface area contributed by atoms with E-state index in [1.807, 2.05) is 18.2 Å². The molecule has 2 heterocycles. The fourth-order valence-electron chi connectivity index (χ4n) is 3.43. The molecule has 3 aromatic rings. The molecule has 2 amide bonds. The zero-order chi connectivity index (χ0) is 23.4. The highest BCUT2D eigenvalue weighted by Gasteiger charge is 2.34. The van der Waals surface area contributed by atoms with Gasteiger partial charge in [-0.2, -0.15) is 4.80 Å². The minimum absolute atomic E-state index is 0.00261. The van der Waals surface area contributed by atoms with Gasteiger partial charge in [0.05, 0.1) is 31.0 Å². The Labute approximate surface area is 194 Å². The molecule has 0 aliphatic carbocycles. The quantitative estimate of drug-likeness (QED) is 0.511.